The predicted molar refractivity (Wildman–Crippen MR) is 88.6 cm³/mol. The highest BCUT2D eigenvalue weighted by Crippen LogP contribution is 2.34. The zero-order valence-corrected chi connectivity index (χ0v) is 14.3. The minimum atomic E-state index is -0.667. The fraction of sp³-hybridized carbons (Fsp3) is 0.611. The molecular formula is C18H27NO4. The number of rotatable bonds is 7. The number of piperidine rings is 1. The van der Waals surface area contributed by atoms with Crippen LogP contribution in [0.25, 0.3) is 0 Å². The maximum atomic E-state index is 11.7. The minimum Gasteiger partial charge on any atom is -0.496 e. The van der Waals surface area contributed by atoms with Crippen molar-refractivity contribution in [3.8, 4) is 5.75 Å². The SMILES string of the molecule is CCC1(C(=O)O)CCCN(Cc2ccc(OC)c(COC)c2)C1. The van der Waals surface area contributed by atoms with E-state index in [1.54, 1.807) is 14.2 Å². The Balaban J connectivity index is 2.12. The summed E-state index contributed by atoms with van der Waals surface area (Å²) >= 11 is 0. The second-order valence-corrected chi connectivity index (χ2v) is 6.33. The maximum Gasteiger partial charge on any atom is 0.310 e. The molecular weight excluding hydrogens is 294 g/mol. The Morgan fingerprint density at radius 1 is 1.39 bits per heavy atom. The summed E-state index contributed by atoms with van der Waals surface area (Å²) in [4.78, 5) is 13.9. The van der Waals surface area contributed by atoms with Gasteiger partial charge in [-0.1, -0.05) is 13.0 Å². The van der Waals surface area contributed by atoms with E-state index < -0.39 is 11.4 Å². The van der Waals surface area contributed by atoms with Crippen LogP contribution in [0.4, 0.5) is 0 Å². The molecule has 5 nitrogen and oxygen atoms in total. The average molecular weight is 321 g/mol. The Morgan fingerprint density at radius 2 is 2.17 bits per heavy atom. The second kappa shape index (κ2) is 7.79. The van der Waals surface area contributed by atoms with E-state index in [4.69, 9.17) is 9.47 Å². The lowest BCUT2D eigenvalue weighted by molar-refractivity contribution is -0.153. The molecule has 1 aromatic rings. The van der Waals surface area contributed by atoms with Crippen LogP contribution in [-0.4, -0.2) is 43.3 Å². The monoisotopic (exact) mass is 321 g/mol. The van der Waals surface area contributed by atoms with E-state index in [0.29, 0.717) is 19.6 Å². The third kappa shape index (κ3) is 4.03. The van der Waals surface area contributed by atoms with Gasteiger partial charge in [0.05, 0.1) is 19.1 Å². The van der Waals surface area contributed by atoms with E-state index in [1.165, 1.54) is 0 Å². The number of carboxylic acid groups (broad SMARTS) is 1. The summed E-state index contributed by atoms with van der Waals surface area (Å²) < 4.78 is 10.6. The van der Waals surface area contributed by atoms with Crippen molar-refractivity contribution in [2.75, 3.05) is 27.3 Å². The molecule has 0 radical (unpaired) electrons. The molecule has 1 atom stereocenters. The average Bonchev–Trinajstić information content (AvgIpc) is 2.55. The van der Waals surface area contributed by atoms with Gasteiger partial charge in [-0.15, -0.1) is 0 Å². The lowest BCUT2D eigenvalue weighted by Gasteiger charge is -2.39. The molecule has 1 heterocycles. The fourth-order valence-corrected chi connectivity index (χ4v) is 3.43. The summed E-state index contributed by atoms with van der Waals surface area (Å²) in [7, 11) is 3.32. The fourth-order valence-electron chi connectivity index (χ4n) is 3.43. The minimum absolute atomic E-state index is 0.505. The highest BCUT2D eigenvalue weighted by atomic mass is 16.5. The van der Waals surface area contributed by atoms with E-state index in [2.05, 4.69) is 11.0 Å². The molecule has 1 aliphatic rings. The van der Waals surface area contributed by atoms with Crippen LogP contribution in [0.1, 0.15) is 37.3 Å². The van der Waals surface area contributed by atoms with Crippen LogP contribution >= 0.6 is 0 Å². The van der Waals surface area contributed by atoms with Crippen LogP contribution in [0.5, 0.6) is 5.75 Å². The van der Waals surface area contributed by atoms with Gasteiger partial charge in [0.2, 0.25) is 0 Å². The normalized spacial score (nSPS) is 22.0. The summed E-state index contributed by atoms with van der Waals surface area (Å²) in [5.74, 6) is 0.155. The molecule has 0 aromatic heterocycles. The number of methoxy groups -OCH3 is 2. The van der Waals surface area contributed by atoms with E-state index >= 15 is 0 Å². The molecule has 0 spiro atoms. The molecule has 128 valence electrons. The largest absolute Gasteiger partial charge is 0.496 e. The molecule has 0 bridgehead atoms. The molecule has 1 saturated heterocycles. The first-order valence-corrected chi connectivity index (χ1v) is 8.15. The molecule has 23 heavy (non-hydrogen) atoms. The summed E-state index contributed by atoms with van der Waals surface area (Å²) in [6.07, 6.45) is 2.38. The highest BCUT2D eigenvalue weighted by molar-refractivity contribution is 5.75. The Hall–Kier alpha value is -1.59. The van der Waals surface area contributed by atoms with Gasteiger partial charge in [-0.3, -0.25) is 9.69 Å². The number of carboxylic acids is 1. The standard InChI is InChI=1S/C18H27NO4/c1-4-18(17(20)21)8-5-9-19(13-18)11-14-6-7-16(23-3)15(10-14)12-22-2/h6-7,10H,4-5,8-9,11-13H2,1-3H3,(H,20,21). The number of nitrogens with zero attached hydrogens (tertiary/aromatic N) is 1. The van der Waals surface area contributed by atoms with Gasteiger partial charge in [-0.25, -0.2) is 0 Å². The van der Waals surface area contributed by atoms with Gasteiger partial charge >= 0.3 is 5.97 Å². The maximum absolute atomic E-state index is 11.7. The number of hydrogen-bond acceptors (Lipinski definition) is 4. The van der Waals surface area contributed by atoms with Crippen molar-refractivity contribution >= 4 is 5.97 Å². The van der Waals surface area contributed by atoms with Gasteiger partial charge in [0.15, 0.2) is 0 Å². The van der Waals surface area contributed by atoms with E-state index in [1.807, 2.05) is 19.1 Å². The molecule has 1 N–H and O–H groups in total. The molecule has 1 aliphatic heterocycles. The molecule has 2 rings (SSSR count). The van der Waals surface area contributed by atoms with E-state index in [9.17, 15) is 9.90 Å². The van der Waals surface area contributed by atoms with Crippen molar-refractivity contribution < 1.29 is 19.4 Å². The van der Waals surface area contributed by atoms with Crippen molar-refractivity contribution in [3.05, 3.63) is 29.3 Å². The van der Waals surface area contributed by atoms with Gasteiger partial charge in [-0.2, -0.15) is 0 Å². The molecule has 5 heteroatoms. The highest BCUT2D eigenvalue weighted by Gasteiger charge is 2.40. The van der Waals surface area contributed by atoms with Crippen LogP contribution in [-0.2, 0) is 22.7 Å². The quantitative estimate of drug-likeness (QED) is 0.837. The van der Waals surface area contributed by atoms with Gasteiger partial charge in [-0.05, 0) is 43.5 Å². The van der Waals surface area contributed by atoms with Crippen molar-refractivity contribution in [3.63, 3.8) is 0 Å². The third-order valence-corrected chi connectivity index (χ3v) is 4.84. The summed E-state index contributed by atoms with van der Waals surface area (Å²) in [6.45, 7) is 4.80. The lowest BCUT2D eigenvalue weighted by atomic mass is 9.77. The van der Waals surface area contributed by atoms with Crippen LogP contribution < -0.4 is 4.74 Å². The number of likely N-dealkylation sites (tertiary alicyclic amines) is 1. The Morgan fingerprint density at radius 3 is 2.78 bits per heavy atom. The third-order valence-electron chi connectivity index (χ3n) is 4.84. The van der Waals surface area contributed by atoms with Crippen molar-refractivity contribution in [1.82, 2.24) is 4.90 Å². The first-order valence-electron chi connectivity index (χ1n) is 8.15. The van der Waals surface area contributed by atoms with Crippen LogP contribution in [0, 0.1) is 5.41 Å². The molecule has 1 unspecified atom stereocenters. The topological polar surface area (TPSA) is 59.0 Å². The van der Waals surface area contributed by atoms with Crippen molar-refractivity contribution in [1.29, 1.82) is 0 Å². The Kier molecular flexibility index (Phi) is 6.02. The van der Waals surface area contributed by atoms with Crippen molar-refractivity contribution in [2.45, 2.75) is 39.3 Å². The van der Waals surface area contributed by atoms with Crippen LogP contribution in [0.3, 0.4) is 0 Å². The van der Waals surface area contributed by atoms with E-state index in [-0.39, 0.29) is 0 Å². The predicted octanol–water partition coefficient (Wildman–Crippen LogP) is 2.92. The van der Waals surface area contributed by atoms with Crippen LogP contribution in [0.15, 0.2) is 18.2 Å². The van der Waals surface area contributed by atoms with E-state index in [0.717, 1.165) is 42.8 Å². The van der Waals surface area contributed by atoms with Gasteiger partial charge in [0.25, 0.3) is 0 Å². The number of hydrogen-bond donors (Lipinski definition) is 1. The Labute approximate surface area is 138 Å². The number of ether oxygens (including phenoxy) is 2. The first-order chi connectivity index (χ1) is 11.0. The van der Waals surface area contributed by atoms with Gasteiger partial charge in [0.1, 0.15) is 5.75 Å². The first kappa shape index (κ1) is 17.8. The second-order valence-electron chi connectivity index (χ2n) is 6.33. The molecule has 0 aliphatic carbocycles. The molecule has 0 saturated carbocycles. The lowest BCUT2D eigenvalue weighted by Crippen LogP contribution is -2.47. The number of benzene rings is 1. The summed E-state index contributed by atoms with van der Waals surface area (Å²) in [5.41, 5.74) is 1.58. The number of carbonyl (C=O) groups is 1. The van der Waals surface area contributed by atoms with Crippen LogP contribution in [0.2, 0.25) is 0 Å². The van der Waals surface area contributed by atoms with Gasteiger partial charge < -0.3 is 14.6 Å². The Bertz CT molecular complexity index is 546. The number of aliphatic carboxylic acids is 1. The van der Waals surface area contributed by atoms with Crippen molar-refractivity contribution in [2.24, 2.45) is 5.41 Å². The summed E-state index contributed by atoms with van der Waals surface area (Å²) in [5, 5.41) is 9.60. The molecule has 1 aromatic carbocycles. The zero-order chi connectivity index (χ0) is 16.9. The summed E-state index contributed by atoms with van der Waals surface area (Å²) in [6, 6.07) is 6.09. The molecule has 0 amide bonds. The van der Waals surface area contributed by atoms with Gasteiger partial charge in [0, 0.05) is 25.8 Å². The smallest absolute Gasteiger partial charge is 0.310 e. The zero-order valence-electron chi connectivity index (χ0n) is 14.3. The molecule has 1 fully saturated rings.